The Morgan fingerprint density at radius 1 is 1.30 bits per heavy atom. The van der Waals surface area contributed by atoms with E-state index in [0.29, 0.717) is 0 Å². The van der Waals surface area contributed by atoms with Gasteiger partial charge in [0, 0.05) is 12.6 Å². The van der Waals surface area contributed by atoms with Crippen LogP contribution in [0.15, 0.2) is 18.2 Å². The van der Waals surface area contributed by atoms with Crippen LogP contribution in [0.1, 0.15) is 35.6 Å². The van der Waals surface area contributed by atoms with Crippen molar-refractivity contribution in [2.75, 3.05) is 13.1 Å². The molecule has 2 nitrogen and oxygen atoms in total. The van der Waals surface area contributed by atoms with Gasteiger partial charge in [-0.1, -0.05) is 23.8 Å². The van der Waals surface area contributed by atoms with Gasteiger partial charge < -0.3 is 5.11 Å². The lowest BCUT2D eigenvalue weighted by molar-refractivity contribution is -0.150. The Kier molecular flexibility index (Phi) is 4.39. The fourth-order valence-electron chi connectivity index (χ4n) is 2.45. The molecule has 1 fully saturated rings. The SMILES string of the molecule is Cc1ccc(C)c(C(O)CN(CC(F)(F)F)C2CC2)c1. The number of aliphatic hydroxyl groups excluding tert-OH is 1. The zero-order valence-electron chi connectivity index (χ0n) is 11.7. The molecule has 1 aliphatic carbocycles. The number of aryl methyl sites for hydroxylation is 2. The molecule has 20 heavy (non-hydrogen) atoms. The van der Waals surface area contributed by atoms with Gasteiger partial charge in [0.2, 0.25) is 0 Å². The molecule has 0 aliphatic heterocycles. The number of rotatable bonds is 5. The van der Waals surface area contributed by atoms with Crippen LogP contribution < -0.4 is 0 Å². The van der Waals surface area contributed by atoms with Crippen molar-refractivity contribution in [3.05, 3.63) is 34.9 Å². The first-order valence-corrected chi connectivity index (χ1v) is 6.82. The first-order chi connectivity index (χ1) is 9.26. The predicted molar refractivity (Wildman–Crippen MR) is 71.5 cm³/mol. The van der Waals surface area contributed by atoms with E-state index < -0.39 is 18.8 Å². The summed E-state index contributed by atoms with van der Waals surface area (Å²) in [7, 11) is 0. The predicted octanol–water partition coefficient (Wildman–Crippen LogP) is 3.36. The van der Waals surface area contributed by atoms with Gasteiger partial charge in [0.05, 0.1) is 12.6 Å². The first-order valence-electron chi connectivity index (χ1n) is 6.82. The maximum absolute atomic E-state index is 12.6. The Morgan fingerprint density at radius 3 is 2.50 bits per heavy atom. The third-order valence-electron chi connectivity index (χ3n) is 3.65. The van der Waals surface area contributed by atoms with Crippen LogP contribution in [0.4, 0.5) is 13.2 Å². The van der Waals surface area contributed by atoms with Crippen LogP contribution in [0.5, 0.6) is 0 Å². The van der Waals surface area contributed by atoms with Gasteiger partial charge in [-0.15, -0.1) is 0 Å². The zero-order valence-corrected chi connectivity index (χ0v) is 11.7. The Morgan fingerprint density at radius 2 is 1.95 bits per heavy atom. The van der Waals surface area contributed by atoms with Crippen LogP contribution in [0.25, 0.3) is 0 Å². The fourth-order valence-corrected chi connectivity index (χ4v) is 2.45. The summed E-state index contributed by atoms with van der Waals surface area (Å²) in [5.41, 5.74) is 2.63. The van der Waals surface area contributed by atoms with E-state index in [9.17, 15) is 18.3 Å². The van der Waals surface area contributed by atoms with E-state index in [4.69, 9.17) is 0 Å². The lowest BCUT2D eigenvalue weighted by atomic mass is 10.0. The number of hydrogen-bond donors (Lipinski definition) is 1. The van der Waals surface area contributed by atoms with Gasteiger partial charge in [-0.3, -0.25) is 4.90 Å². The Balaban J connectivity index is 2.08. The van der Waals surface area contributed by atoms with Crippen molar-refractivity contribution in [1.29, 1.82) is 0 Å². The lowest BCUT2D eigenvalue weighted by Gasteiger charge is -2.26. The van der Waals surface area contributed by atoms with Crippen LogP contribution in [0, 0.1) is 13.8 Å². The van der Waals surface area contributed by atoms with Crippen molar-refractivity contribution >= 4 is 0 Å². The fraction of sp³-hybridized carbons (Fsp3) is 0.600. The highest BCUT2D eigenvalue weighted by molar-refractivity contribution is 5.32. The number of alkyl halides is 3. The molecule has 1 saturated carbocycles. The molecule has 0 radical (unpaired) electrons. The largest absolute Gasteiger partial charge is 0.401 e. The number of nitrogens with zero attached hydrogens (tertiary/aromatic N) is 1. The highest BCUT2D eigenvalue weighted by atomic mass is 19.4. The molecule has 0 amide bonds. The molecule has 112 valence electrons. The van der Waals surface area contributed by atoms with Gasteiger partial charge in [-0.25, -0.2) is 0 Å². The van der Waals surface area contributed by atoms with Crippen LogP contribution in [0.3, 0.4) is 0 Å². The van der Waals surface area contributed by atoms with E-state index in [0.717, 1.165) is 29.5 Å². The zero-order chi connectivity index (χ0) is 14.9. The molecule has 1 atom stereocenters. The van der Waals surface area contributed by atoms with E-state index in [-0.39, 0.29) is 12.6 Å². The van der Waals surface area contributed by atoms with Crippen molar-refractivity contribution in [2.24, 2.45) is 0 Å². The van der Waals surface area contributed by atoms with Gasteiger partial charge in [-0.2, -0.15) is 13.2 Å². The highest BCUT2D eigenvalue weighted by Crippen LogP contribution is 2.32. The number of aliphatic hydroxyl groups is 1. The summed E-state index contributed by atoms with van der Waals surface area (Å²) in [5, 5.41) is 10.3. The molecule has 0 saturated heterocycles. The summed E-state index contributed by atoms with van der Waals surface area (Å²) >= 11 is 0. The molecule has 2 rings (SSSR count). The molecule has 0 heterocycles. The maximum atomic E-state index is 12.6. The summed E-state index contributed by atoms with van der Waals surface area (Å²) in [6, 6.07) is 5.63. The van der Waals surface area contributed by atoms with Crippen LogP contribution in [-0.2, 0) is 0 Å². The van der Waals surface area contributed by atoms with E-state index >= 15 is 0 Å². The summed E-state index contributed by atoms with van der Waals surface area (Å²) < 4.78 is 37.7. The van der Waals surface area contributed by atoms with Crippen molar-refractivity contribution in [1.82, 2.24) is 4.90 Å². The third-order valence-corrected chi connectivity index (χ3v) is 3.65. The normalized spacial score (nSPS) is 17.6. The van der Waals surface area contributed by atoms with Crippen molar-refractivity contribution in [2.45, 2.75) is 45.0 Å². The minimum absolute atomic E-state index is 0.0311. The van der Waals surface area contributed by atoms with Gasteiger partial charge in [-0.05, 0) is 37.8 Å². The second-order valence-corrected chi connectivity index (χ2v) is 5.65. The van der Waals surface area contributed by atoms with Gasteiger partial charge in [0.25, 0.3) is 0 Å². The van der Waals surface area contributed by atoms with Gasteiger partial charge in [0.15, 0.2) is 0 Å². The molecule has 0 spiro atoms. The van der Waals surface area contributed by atoms with E-state index in [1.54, 1.807) is 0 Å². The molecule has 1 aromatic carbocycles. The Bertz CT molecular complexity index is 469. The molecule has 5 heteroatoms. The van der Waals surface area contributed by atoms with Crippen molar-refractivity contribution < 1.29 is 18.3 Å². The van der Waals surface area contributed by atoms with Crippen molar-refractivity contribution in [3.63, 3.8) is 0 Å². The Hall–Kier alpha value is -1.07. The molecular formula is C15H20F3NO. The molecule has 1 N–H and O–H groups in total. The lowest BCUT2D eigenvalue weighted by Crippen LogP contribution is -2.38. The smallest absolute Gasteiger partial charge is 0.387 e. The van der Waals surface area contributed by atoms with Crippen LogP contribution >= 0.6 is 0 Å². The van der Waals surface area contributed by atoms with Crippen LogP contribution in [0.2, 0.25) is 0 Å². The van der Waals surface area contributed by atoms with Gasteiger partial charge in [0.1, 0.15) is 0 Å². The molecule has 0 bridgehead atoms. The number of halogens is 3. The topological polar surface area (TPSA) is 23.5 Å². The van der Waals surface area contributed by atoms with E-state index in [2.05, 4.69) is 0 Å². The standard InChI is InChI=1S/C15H20F3NO/c1-10-3-4-11(2)13(7-10)14(20)8-19(12-5-6-12)9-15(16,17)18/h3-4,7,12,14,20H,5-6,8-9H2,1-2H3. The Labute approximate surface area is 117 Å². The molecular weight excluding hydrogens is 267 g/mol. The second kappa shape index (κ2) is 5.74. The summed E-state index contributed by atoms with van der Waals surface area (Å²) in [6.45, 7) is 2.86. The highest BCUT2D eigenvalue weighted by Gasteiger charge is 2.38. The second-order valence-electron chi connectivity index (χ2n) is 5.65. The first kappa shape index (κ1) is 15.3. The quantitative estimate of drug-likeness (QED) is 0.897. The van der Waals surface area contributed by atoms with E-state index in [1.807, 2.05) is 32.0 Å². The average Bonchev–Trinajstić information content (AvgIpc) is 3.13. The van der Waals surface area contributed by atoms with Crippen LogP contribution in [-0.4, -0.2) is 35.3 Å². The molecule has 0 aromatic heterocycles. The summed E-state index contributed by atoms with van der Waals surface area (Å²) in [5.74, 6) is 0. The number of hydrogen-bond acceptors (Lipinski definition) is 2. The number of benzene rings is 1. The molecule has 1 unspecified atom stereocenters. The van der Waals surface area contributed by atoms with Crippen molar-refractivity contribution in [3.8, 4) is 0 Å². The van der Waals surface area contributed by atoms with Gasteiger partial charge >= 0.3 is 6.18 Å². The third kappa shape index (κ3) is 4.21. The summed E-state index contributed by atoms with van der Waals surface area (Å²) in [4.78, 5) is 1.35. The molecule has 1 aromatic rings. The maximum Gasteiger partial charge on any atom is 0.401 e. The average molecular weight is 287 g/mol. The minimum Gasteiger partial charge on any atom is -0.387 e. The molecule has 1 aliphatic rings. The summed E-state index contributed by atoms with van der Waals surface area (Å²) in [6.07, 6.45) is -3.52. The van der Waals surface area contributed by atoms with E-state index in [1.165, 1.54) is 4.90 Å². The minimum atomic E-state index is -4.22. The monoisotopic (exact) mass is 287 g/mol.